The van der Waals surface area contributed by atoms with E-state index in [0.29, 0.717) is 41.5 Å². The molecule has 3 aliphatic carbocycles. The molecule has 0 radical (unpaired) electrons. The van der Waals surface area contributed by atoms with Crippen LogP contribution in [0.5, 0.6) is 0 Å². The summed E-state index contributed by atoms with van der Waals surface area (Å²) in [6.07, 6.45) is 5.77. The van der Waals surface area contributed by atoms with Gasteiger partial charge in [-0.15, -0.1) is 0 Å². The zero-order valence-corrected chi connectivity index (χ0v) is 25.5. The van der Waals surface area contributed by atoms with E-state index in [4.69, 9.17) is 9.47 Å². The Kier molecular flexibility index (Phi) is 8.22. The minimum Gasteiger partial charge on any atom is -0.381 e. The number of benzene rings is 1. The fourth-order valence-corrected chi connectivity index (χ4v) is 8.61. The monoisotopic (exact) mass is 514 g/mol. The molecule has 5 heteroatoms. The summed E-state index contributed by atoms with van der Waals surface area (Å²) in [4.78, 5) is 13.4. The lowest BCUT2D eigenvalue weighted by molar-refractivity contribution is -0.00588. The molecule has 2 fully saturated rings. The Morgan fingerprint density at radius 1 is 0.943 bits per heavy atom. The van der Waals surface area contributed by atoms with Gasteiger partial charge in [-0.3, -0.25) is 4.79 Å². The molecule has 0 heterocycles. The molecule has 0 saturated heterocycles. The zero-order valence-electron chi connectivity index (χ0n) is 23.5. The van der Waals surface area contributed by atoms with Gasteiger partial charge in [0.1, 0.15) is 0 Å². The van der Waals surface area contributed by atoms with Gasteiger partial charge in [-0.1, -0.05) is 58.3 Å². The van der Waals surface area contributed by atoms with Gasteiger partial charge in [0.25, 0.3) is 0 Å². The molecule has 35 heavy (non-hydrogen) atoms. The van der Waals surface area contributed by atoms with Crippen LogP contribution >= 0.6 is 0 Å². The summed E-state index contributed by atoms with van der Waals surface area (Å²) in [5, 5.41) is 0. The molecule has 0 N–H and O–H groups in total. The van der Waals surface area contributed by atoms with Gasteiger partial charge in [0, 0.05) is 48.0 Å². The Bertz CT molecular complexity index is 900. The number of fused-ring (bicyclic) bond motifs is 5. The molecule has 1 aromatic rings. The fourth-order valence-electron chi connectivity index (χ4n) is 7.10. The van der Waals surface area contributed by atoms with Crippen molar-refractivity contribution in [2.24, 2.45) is 23.2 Å². The van der Waals surface area contributed by atoms with Gasteiger partial charge in [0.2, 0.25) is 0 Å². The Labute approximate surface area is 216 Å². The number of rotatable bonds is 10. The van der Waals surface area contributed by atoms with Crippen LogP contribution in [-0.4, -0.2) is 41.8 Å². The molecule has 0 aliphatic heterocycles. The van der Waals surface area contributed by atoms with Gasteiger partial charge in [0.05, 0.1) is 6.61 Å². The van der Waals surface area contributed by atoms with Crippen LogP contribution in [0.4, 0.5) is 0 Å². The van der Waals surface area contributed by atoms with Crippen molar-refractivity contribution in [2.45, 2.75) is 103 Å². The van der Waals surface area contributed by atoms with Crippen molar-refractivity contribution >= 4 is 21.9 Å². The molecule has 3 aliphatic rings. The predicted molar refractivity (Wildman–Crippen MR) is 152 cm³/mol. The highest BCUT2D eigenvalue weighted by molar-refractivity contribution is 6.76. The lowest BCUT2D eigenvalue weighted by atomic mass is 9.54. The molecule has 1 aromatic carbocycles. The summed E-state index contributed by atoms with van der Waals surface area (Å²) in [6, 6.07) is 9.09. The van der Waals surface area contributed by atoms with E-state index in [9.17, 15) is 4.79 Å². The summed E-state index contributed by atoms with van der Waals surface area (Å²) in [5.74, 6) is 2.74. The van der Waals surface area contributed by atoms with E-state index in [2.05, 4.69) is 64.4 Å². The first-order valence-corrected chi connectivity index (χ1v) is 21.6. The number of ketones is 1. The maximum atomic E-state index is 13.4. The van der Waals surface area contributed by atoms with Crippen LogP contribution in [0.1, 0.15) is 66.4 Å². The van der Waals surface area contributed by atoms with E-state index in [0.717, 1.165) is 37.4 Å². The van der Waals surface area contributed by atoms with Crippen molar-refractivity contribution in [3.63, 3.8) is 0 Å². The summed E-state index contributed by atoms with van der Waals surface area (Å²) >= 11 is 0. The smallest absolute Gasteiger partial charge is 0.163 e. The second-order valence-electron chi connectivity index (χ2n) is 14.5. The van der Waals surface area contributed by atoms with Gasteiger partial charge < -0.3 is 9.47 Å². The van der Waals surface area contributed by atoms with Crippen molar-refractivity contribution in [3.8, 4) is 0 Å². The van der Waals surface area contributed by atoms with Gasteiger partial charge >= 0.3 is 0 Å². The third-order valence-electron chi connectivity index (χ3n) is 9.45. The number of carbonyl (C=O) groups is 1. The molecule has 0 bridgehead atoms. The molecule has 2 saturated carbocycles. The third-order valence-corrected chi connectivity index (χ3v) is 12.9. The molecule has 4 rings (SSSR count). The summed E-state index contributed by atoms with van der Waals surface area (Å²) < 4.78 is 12.2. The molecule has 0 spiro atoms. The number of hydrogen-bond acceptors (Lipinski definition) is 3. The fraction of sp³-hybridized carbons (Fsp3) is 0.767. The van der Waals surface area contributed by atoms with Crippen LogP contribution < -0.4 is 0 Å². The normalized spacial score (nSPS) is 30.7. The molecule has 0 aromatic heterocycles. The lowest BCUT2D eigenvalue weighted by Gasteiger charge is -2.50. The standard InChI is InChI=1S/C30H50O3Si2/c1-30-13-12-25-24-10-8-22(20-32-14-16-34(2,3)4)18-27(24)29(31)19-26(25)28(30)11-9-23(30)21-33-15-17-35(5,6)7/h8,10,18,23,25-26,28H,9,11-17,19-21H2,1-7H3/t23-,25-,26-,28+,30-/m1/s1. The lowest BCUT2D eigenvalue weighted by Crippen LogP contribution is -2.44. The van der Waals surface area contributed by atoms with Crippen LogP contribution in [0.3, 0.4) is 0 Å². The van der Waals surface area contributed by atoms with E-state index < -0.39 is 16.1 Å². The Morgan fingerprint density at radius 3 is 2.31 bits per heavy atom. The van der Waals surface area contributed by atoms with Gasteiger partial charge in [-0.05, 0) is 84.1 Å². The molecule has 196 valence electrons. The minimum atomic E-state index is -1.07. The van der Waals surface area contributed by atoms with Crippen LogP contribution in [0.25, 0.3) is 0 Å². The topological polar surface area (TPSA) is 35.5 Å². The zero-order chi connectivity index (χ0) is 25.4. The highest BCUT2D eigenvalue weighted by Gasteiger charge is 2.55. The number of carbonyl (C=O) groups excluding carboxylic acids is 1. The van der Waals surface area contributed by atoms with Crippen molar-refractivity contribution in [2.75, 3.05) is 19.8 Å². The highest BCUT2D eigenvalue weighted by atomic mass is 28.3. The Hall–Kier alpha value is -0.756. The average molecular weight is 515 g/mol. The van der Waals surface area contributed by atoms with Crippen LogP contribution in [0.2, 0.25) is 51.4 Å². The highest BCUT2D eigenvalue weighted by Crippen LogP contribution is 2.62. The Morgan fingerprint density at radius 2 is 1.63 bits per heavy atom. The number of Topliss-reactive ketones (excluding diaryl/α,β-unsaturated/α-hetero) is 1. The maximum Gasteiger partial charge on any atom is 0.163 e. The van der Waals surface area contributed by atoms with E-state index >= 15 is 0 Å². The van der Waals surface area contributed by atoms with Crippen molar-refractivity contribution in [1.82, 2.24) is 0 Å². The van der Waals surface area contributed by atoms with Gasteiger partial charge in [0.15, 0.2) is 5.78 Å². The van der Waals surface area contributed by atoms with Crippen molar-refractivity contribution in [1.29, 1.82) is 0 Å². The van der Waals surface area contributed by atoms with Crippen molar-refractivity contribution < 1.29 is 14.3 Å². The maximum absolute atomic E-state index is 13.4. The van der Waals surface area contributed by atoms with E-state index in [1.54, 1.807) is 0 Å². The van der Waals surface area contributed by atoms with Crippen LogP contribution in [0, 0.1) is 23.2 Å². The first-order chi connectivity index (χ1) is 16.4. The van der Waals surface area contributed by atoms with Crippen LogP contribution in [0.15, 0.2) is 18.2 Å². The molecular weight excluding hydrogens is 464 g/mol. The van der Waals surface area contributed by atoms with Gasteiger partial charge in [-0.2, -0.15) is 0 Å². The van der Waals surface area contributed by atoms with E-state index in [-0.39, 0.29) is 0 Å². The first kappa shape index (κ1) is 27.3. The molecule has 0 unspecified atom stereocenters. The van der Waals surface area contributed by atoms with Gasteiger partial charge in [-0.25, -0.2) is 0 Å². The number of ether oxygens (including phenoxy) is 2. The predicted octanol–water partition coefficient (Wildman–Crippen LogP) is 8.01. The van der Waals surface area contributed by atoms with E-state index in [1.807, 2.05) is 0 Å². The first-order valence-electron chi connectivity index (χ1n) is 14.2. The quantitative estimate of drug-likeness (QED) is 0.234. The second-order valence-corrected chi connectivity index (χ2v) is 25.7. The van der Waals surface area contributed by atoms with E-state index in [1.165, 1.54) is 43.3 Å². The summed E-state index contributed by atoms with van der Waals surface area (Å²) in [6.45, 7) is 20.2. The SMILES string of the molecule is C[C@]12CC[C@@H]3c4ccc(COCC[Si](C)(C)C)cc4C(=O)C[C@H]3[C@@H]1CC[C@@H]2COCC[Si](C)(C)C. The second kappa shape index (κ2) is 10.5. The number of hydrogen-bond donors (Lipinski definition) is 0. The average Bonchev–Trinajstić information content (AvgIpc) is 3.10. The molecule has 5 atom stereocenters. The Balaban J connectivity index is 1.39. The third kappa shape index (κ3) is 6.39. The molecular formula is C30H50O3Si2. The minimum absolute atomic E-state index is 0.336. The molecule has 3 nitrogen and oxygen atoms in total. The summed E-state index contributed by atoms with van der Waals surface area (Å²) in [7, 11) is -2.12. The summed E-state index contributed by atoms with van der Waals surface area (Å²) in [5.41, 5.74) is 3.81. The van der Waals surface area contributed by atoms with Crippen molar-refractivity contribution in [3.05, 3.63) is 34.9 Å². The molecule has 0 amide bonds. The largest absolute Gasteiger partial charge is 0.381 e. The van der Waals surface area contributed by atoms with Crippen LogP contribution in [-0.2, 0) is 16.1 Å².